The van der Waals surface area contributed by atoms with Gasteiger partial charge in [-0.3, -0.25) is 4.98 Å². The largest absolute Gasteiger partial charge is 0.309 e. The molecule has 0 bridgehead atoms. The third-order valence-electron chi connectivity index (χ3n) is 9.72. The molecule has 0 saturated carbocycles. The second-order valence-electron chi connectivity index (χ2n) is 12.4. The van der Waals surface area contributed by atoms with E-state index in [1.807, 2.05) is 0 Å². The molecule has 0 aliphatic heterocycles. The van der Waals surface area contributed by atoms with Crippen molar-refractivity contribution in [2.45, 2.75) is 0 Å². The molecule has 3 aromatic heterocycles. The molecule has 0 radical (unpaired) electrons. The summed E-state index contributed by atoms with van der Waals surface area (Å²) in [5.74, 6) is 0. The Balaban J connectivity index is 1.31. The van der Waals surface area contributed by atoms with E-state index in [9.17, 15) is 0 Å². The molecule has 3 heteroatoms. The van der Waals surface area contributed by atoms with Crippen LogP contribution in [-0.2, 0) is 0 Å². The van der Waals surface area contributed by atoms with Crippen LogP contribution in [0.15, 0.2) is 176 Å². The number of fused-ring (bicyclic) bond motifs is 9. The van der Waals surface area contributed by atoms with Crippen molar-refractivity contribution in [3.8, 4) is 33.6 Å². The van der Waals surface area contributed by atoms with Crippen LogP contribution in [0.1, 0.15) is 0 Å². The van der Waals surface area contributed by atoms with Gasteiger partial charge in [0.2, 0.25) is 0 Å². The number of para-hydroxylation sites is 2. The van der Waals surface area contributed by atoms with Crippen LogP contribution in [0.25, 0.3) is 88.1 Å². The van der Waals surface area contributed by atoms with Gasteiger partial charge in [0.1, 0.15) is 0 Å². The van der Waals surface area contributed by atoms with Crippen molar-refractivity contribution >= 4 is 54.5 Å². The Morgan fingerprint density at radius 1 is 0.333 bits per heavy atom. The standard InChI is InChI=1S/C45H29N3/c1-3-13-30(14-4-1)32-17-11-19-34(27-32)47-41-23-9-7-21-36(41)37-25-26-38-40(44(37)47)29-46-43-39-22-8-10-24-42(39)48(45(38)43)35-20-12-18-33(28-35)31-15-5-2-6-16-31/h1-29H. The number of pyridine rings is 1. The van der Waals surface area contributed by atoms with Gasteiger partial charge in [-0.2, -0.15) is 0 Å². The summed E-state index contributed by atoms with van der Waals surface area (Å²) in [5, 5.41) is 5.91. The van der Waals surface area contributed by atoms with Crippen LogP contribution in [0.5, 0.6) is 0 Å². The zero-order valence-electron chi connectivity index (χ0n) is 26.1. The van der Waals surface area contributed by atoms with Crippen LogP contribution in [0.3, 0.4) is 0 Å². The Hall–Kier alpha value is -6.45. The van der Waals surface area contributed by atoms with E-state index in [0.29, 0.717) is 0 Å². The summed E-state index contributed by atoms with van der Waals surface area (Å²) in [4.78, 5) is 5.25. The SMILES string of the molecule is c1ccc(-c2cccc(-n3c4ccccc4c4ccc5c(cnc6c7ccccc7n(-c7cccc(-c8ccccc8)c7)c56)c43)c2)cc1. The van der Waals surface area contributed by atoms with Crippen molar-refractivity contribution < 1.29 is 0 Å². The van der Waals surface area contributed by atoms with Gasteiger partial charge in [-0.15, -0.1) is 0 Å². The number of nitrogens with zero attached hydrogens (tertiary/aromatic N) is 3. The molecule has 0 atom stereocenters. The molecule has 48 heavy (non-hydrogen) atoms. The highest BCUT2D eigenvalue weighted by Gasteiger charge is 2.21. The van der Waals surface area contributed by atoms with Crippen LogP contribution < -0.4 is 0 Å². The zero-order chi connectivity index (χ0) is 31.6. The molecule has 0 spiro atoms. The average molecular weight is 612 g/mol. The molecule has 0 aliphatic carbocycles. The number of hydrogen-bond donors (Lipinski definition) is 0. The summed E-state index contributed by atoms with van der Waals surface area (Å²) in [6.07, 6.45) is 2.09. The zero-order valence-corrected chi connectivity index (χ0v) is 26.1. The normalized spacial score (nSPS) is 11.8. The van der Waals surface area contributed by atoms with E-state index in [1.165, 1.54) is 49.4 Å². The van der Waals surface area contributed by atoms with E-state index in [0.717, 1.165) is 38.7 Å². The molecule has 0 unspecified atom stereocenters. The summed E-state index contributed by atoms with van der Waals surface area (Å²) in [6.45, 7) is 0. The van der Waals surface area contributed by atoms with Crippen molar-refractivity contribution in [2.75, 3.05) is 0 Å². The summed E-state index contributed by atoms with van der Waals surface area (Å²) in [7, 11) is 0. The molecule has 10 rings (SSSR count). The van der Waals surface area contributed by atoms with Crippen molar-refractivity contribution in [1.82, 2.24) is 14.1 Å². The van der Waals surface area contributed by atoms with Crippen molar-refractivity contribution in [1.29, 1.82) is 0 Å². The topological polar surface area (TPSA) is 22.8 Å². The molecule has 0 fully saturated rings. The quantitative estimate of drug-likeness (QED) is 0.194. The smallest absolute Gasteiger partial charge is 0.0970 e. The van der Waals surface area contributed by atoms with Crippen molar-refractivity contribution in [2.24, 2.45) is 0 Å². The van der Waals surface area contributed by atoms with Gasteiger partial charge in [0.15, 0.2) is 0 Å². The molecule has 3 heterocycles. The van der Waals surface area contributed by atoms with E-state index in [-0.39, 0.29) is 0 Å². The molecule has 0 amide bonds. The first-order chi connectivity index (χ1) is 23.8. The van der Waals surface area contributed by atoms with Crippen molar-refractivity contribution in [3.63, 3.8) is 0 Å². The van der Waals surface area contributed by atoms with Gasteiger partial charge >= 0.3 is 0 Å². The first-order valence-corrected chi connectivity index (χ1v) is 16.4. The number of rotatable bonds is 4. The van der Waals surface area contributed by atoms with Crippen LogP contribution in [-0.4, -0.2) is 14.1 Å². The first kappa shape index (κ1) is 26.7. The summed E-state index contributed by atoms with van der Waals surface area (Å²) in [6, 6.07) is 60.9. The van der Waals surface area contributed by atoms with Gasteiger partial charge in [0.05, 0.1) is 27.6 Å². The third-order valence-corrected chi connectivity index (χ3v) is 9.72. The van der Waals surface area contributed by atoms with Gasteiger partial charge in [-0.25, -0.2) is 0 Å². The highest BCUT2D eigenvalue weighted by Crippen LogP contribution is 2.41. The summed E-state index contributed by atoms with van der Waals surface area (Å²) >= 11 is 0. The maximum absolute atomic E-state index is 5.25. The molecular weight excluding hydrogens is 583 g/mol. The Morgan fingerprint density at radius 2 is 0.812 bits per heavy atom. The molecule has 10 aromatic rings. The van der Waals surface area contributed by atoms with Gasteiger partial charge in [-0.05, 0) is 58.7 Å². The Labute approximate surface area is 277 Å². The van der Waals surface area contributed by atoms with Gasteiger partial charge < -0.3 is 9.13 Å². The van der Waals surface area contributed by atoms with E-state index < -0.39 is 0 Å². The fourth-order valence-electron chi connectivity index (χ4n) is 7.60. The maximum Gasteiger partial charge on any atom is 0.0970 e. The van der Waals surface area contributed by atoms with Crippen LogP contribution in [0.2, 0.25) is 0 Å². The third kappa shape index (κ3) is 3.98. The second kappa shape index (κ2) is 10.5. The molecule has 224 valence electrons. The Bertz CT molecular complexity index is 2630. The fraction of sp³-hybridized carbons (Fsp3) is 0. The molecule has 0 aliphatic rings. The fourth-order valence-corrected chi connectivity index (χ4v) is 7.60. The minimum atomic E-state index is 1.01. The van der Waals surface area contributed by atoms with Gasteiger partial charge in [-0.1, -0.05) is 133 Å². The lowest BCUT2D eigenvalue weighted by Gasteiger charge is -2.14. The lowest BCUT2D eigenvalue weighted by molar-refractivity contribution is 1.18. The monoisotopic (exact) mass is 611 g/mol. The number of hydrogen-bond acceptors (Lipinski definition) is 1. The van der Waals surface area contributed by atoms with E-state index in [4.69, 9.17) is 4.98 Å². The molecule has 0 saturated heterocycles. The van der Waals surface area contributed by atoms with Crippen LogP contribution >= 0.6 is 0 Å². The van der Waals surface area contributed by atoms with E-state index in [2.05, 4.69) is 185 Å². The lowest BCUT2D eigenvalue weighted by atomic mass is 10.0. The predicted molar refractivity (Wildman–Crippen MR) is 201 cm³/mol. The number of benzene rings is 7. The van der Waals surface area contributed by atoms with Gasteiger partial charge in [0.25, 0.3) is 0 Å². The van der Waals surface area contributed by atoms with Crippen molar-refractivity contribution in [3.05, 3.63) is 176 Å². The van der Waals surface area contributed by atoms with Crippen LogP contribution in [0.4, 0.5) is 0 Å². The van der Waals surface area contributed by atoms with Crippen LogP contribution in [0, 0.1) is 0 Å². The lowest BCUT2D eigenvalue weighted by Crippen LogP contribution is -1.97. The van der Waals surface area contributed by atoms with E-state index in [1.54, 1.807) is 0 Å². The number of aromatic nitrogens is 3. The highest BCUT2D eigenvalue weighted by atomic mass is 15.0. The maximum atomic E-state index is 5.25. The molecule has 3 nitrogen and oxygen atoms in total. The van der Waals surface area contributed by atoms with E-state index >= 15 is 0 Å². The highest BCUT2D eigenvalue weighted by molar-refractivity contribution is 6.25. The summed E-state index contributed by atoms with van der Waals surface area (Å²) < 4.78 is 4.83. The Kier molecular flexibility index (Phi) is 5.87. The molecular formula is C45H29N3. The minimum Gasteiger partial charge on any atom is -0.309 e. The Morgan fingerprint density at radius 3 is 1.44 bits per heavy atom. The molecule has 7 aromatic carbocycles. The van der Waals surface area contributed by atoms with Gasteiger partial charge in [0, 0.05) is 44.5 Å². The first-order valence-electron chi connectivity index (χ1n) is 16.4. The minimum absolute atomic E-state index is 1.01. The summed E-state index contributed by atoms with van der Waals surface area (Å²) in [5.41, 5.74) is 12.7. The second-order valence-corrected chi connectivity index (χ2v) is 12.4. The molecule has 0 N–H and O–H groups in total. The predicted octanol–water partition coefficient (Wildman–Crippen LogP) is 11.8. The average Bonchev–Trinajstić information content (AvgIpc) is 3.69.